The van der Waals surface area contributed by atoms with Gasteiger partial charge in [0.1, 0.15) is 10.7 Å². The number of nitrogens with zero attached hydrogens (tertiary/aromatic N) is 3. The number of H-pyrrole nitrogens is 1. The zero-order valence-corrected chi connectivity index (χ0v) is 14.5. The normalized spacial score (nSPS) is 16.0. The standard InChI is InChI=1S/C18H20N4OS/c1-2-21-7-9-22(10-8-21)18(23)16-12-24-17(20-16)15-11-13-5-3-4-6-14(13)19-15/h3-6,11-12,19H,2,7-10H2,1H3. The third kappa shape index (κ3) is 2.83. The van der Waals surface area contributed by atoms with E-state index < -0.39 is 0 Å². The molecule has 3 aromatic rings. The zero-order chi connectivity index (χ0) is 16.5. The van der Waals surface area contributed by atoms with Crippen LogP contribution in [0.1, 0.15) is 17.4 Å². The largest absolute Gasteiger partial charge is 0.353 e. The van der Waals surface area contributed by atoms with Gasteiger partial charge in [-0.1, -0.05) is 25.1 Å². The summed E-state index contributed by atoms with van der Waals surface area (Å²) in [5.41, 5.74) is 2.61. The number of aromatic amines is 1. The van der Waals surface area contributed by atoms with Gasteiger partial charge in [-0.3, -0.25) is 4.79 Å². The number of rotatable bonds is 3. The number of carbonyl (C=O) groups is 1. The average Bonchev–Trinajstić information content (AvgIpc) is 3.27. The number of hydrogen-bond acceptors (Lipinski definition) is 4. The van der Waals surface area contributed by atoms with Crippen LogP contribution in [-0.4, -0.2) is 58.4 Å². The highest BCUT2D eigenvalue weighted by Crippen LogP contribution is 2.27. The molecule has 6 heteroatoms. The summed E-state index contributed by atoms with van der Waals surface area (Å²) in [6.07, 6.45) is 0. The van der Waals surface area contributed by atoms with Crippen LogP contribution in [0.25, 0.3) is 21.6 Å². The predicted molar refractivity (Wildman–Crippen MR) is 97.4 cm³/mol. The third-order valence-corrected chi connectivity index (χ3v) is 5.47. The highest BCUT2D eigenvalue weighted by molar-refractivity contribution is 7.13. The first-order valence-electron chi connectivity index (χ1n) is 8.30. The molecule has 1 aliphatic rings. The molecule has 0 aliphatic carbocycles. The summed E-state index contributed by atoms with van der Waals surface area (Å²) in [6.45, 7) is 6.66. The molecule has 1 aliphatic heterocycles. The number of likely N-dealkylation sites (N-methyl/N-ethyl adjacent to an activating group) is 1. The molecule has 1 aromatic carbocycles. The average molecular weight is 340 g/mol. The lowest BCUT2D eigenvalue weighted by molar-refractivity contribution is 0.0638. The lowest BCUT2D eigenvalue weighted by atomic mass is 10.2. The minimum absolute atomic E-state index is 0.0457. The van der Waals surface area contributed by atoms with E-state index in [1.807, 2.05) is 28.5 Å². The molecule has 0 bridgehead atoms. The highest BCUT2D eigenvalue weighted by atomic mass is 32.1. The van der Waals surface area contributed by atoms with Crippen molar-refractivity contribution in [2.75, 3.05) is 32.7 Å². The van der Waals surface area contributed by atoms with Crippen molar-refractivity contribution >= 4 is 28.1 Å². The van der Waals surface area contributed by atoms with E-state index in [2.05, 4.69) is 33.9 Å². The van der Waals surface area contributed by atoms with Crippen molar-refractivity contribution in [1.29, 1.82) is 0 Å². The Balaban J connectivity index is 1.53. The van der Waals surface area contributed by atoms with Crippen LogP contribution in [-0.2, 0) is 0 Å². The quantitative estimate of drug-likeness (QED) is 0.797. The SMILES string of the molecule is CCN1CCN(C(=O)c2csc(-c3cc4ccccc4[nH]3)n2)CC1. The maximum atomic E-state index is 12.7. The van der Waals surface area contributed by atoms with Gasteiger partial charge in [-0.05, 0) is 18.7 Å². The molecule has 5 nitrogen and oxygen atoms in total. The van der Waals surface area contributed by atoms with Crippen molar-refractivity contribution in [3.8, 4) is 10.7 Å². The summed E-state index contributed by atoms with van der Waals surface area (Å²) in [7, 11) is 0. The number of nitrogens with one attached hydrogen (secondary N) is 1. The van der Waals surface area contributed by atoms with Crippen molar-refractivity contribution < 1.29 is 4.79 Å². The second-order valence-corrected chi connectivity index (χ2v) is 6.89. The molecule has 0 saturated carbocycles. The Morgan fingerprint density at radius 1 is 1.25 bits per heavy atom. The van der Waals surface area contributed by atoms with E-state index in [1.54, 1.807) is 0 Å². The molecule has 0 spiro atoms. The van der Waals surface area contributed by atoms with Crippen molar-refractivity contribution in [3.05, 3.63) is 41.4 Å². The number of piperazine rings is 1. The van der Waals surface area contributed by atoms with Crippen LogP contribution >= 0.6 is 11.3 Å². The van der Waals surface area contributed by atoms with Crippen LogP contribution in [0.2, 0.25) is 0 Å². The molecule has 24 heavy (non-hydrogen) atoms. The van der Waals surface area contributed by atoms with E-state index in [-0.39, 0.29) is 5.91 Å². The first-order chi connectivity index (χ1) is 11.7. The van der Waals surface area contributed by atoms with Gasteiger partial charge in [-0.2, -0.15) is 0 Å². The number of hydrogen-bond donors (Lipinski definition) is 1. The Bertz CT molecular complexity index is 828. The van der Waals surface area contributed by atoms with E-state index in [4.69, 9.17) is 0 Å². The fourth-order valence-electron chi connectivity index (χ4n) is 3.11. The van der Waals surface area contributed by atoms with Crippen molar-refractivity contribution in [2.24, 2.45) is 0 Å². The molecular weight excluding hydrogens is 320 g/mol. The minimum Gasteiger partial charge on any atom is -0.353 e. The Morgan fingerprint density at radius 3 is 2.79 bits per heavy atom. The summed E-state index contributed by atoms with van der Waals surface area (Å²) in [5, 5.41) is 3.89. The third-order valence-electron chi connectivity index (χ3n) is 4.59. The van der Waals surface area contributed by atoms with Gasteiger partial charge in [0.2, 0.25) is 0 Å². The van der Waals surface area contributed by atoms with E-state index in [0.29, 0.717) is 5.69 Å². The fraction of sp³-hybridized carbons (Fsp3) is 0.333. The zero-order valence-electron chi connectivity index (χ0n) is 13.7. The first-order valence-corrected chi connectivity index (χ1v) is 9.18. The van der Waals surface area contributed by atoms with Gasteiger partial charge >= 0.3 is 0 Å². The van der Waals surface area contributed by atoms with Gasteiger partial charge in [0, 0.05) is 42.5 Å². The van der Waals surface area contributed by atoms with Gasteiger partial charge in [-0.15, -0.1) is 11.3 Å². The van der Waals surface area contributed by atoms with Crippen LogP contribution in [0, 0.1) is 0 Å². The number of fused-ring (bicyclic) bond motifs is 1. The lowest BCUT2D eigenvalue weighted by Crippen LogP contribution is -2.48. The maximum absolute atomic E-state index is 12.7. The second kappa shape index (κ2) is 6.37. The molecular formula is C18H20N4OS. The second-order valence-electron chi connectivity index (χ2n) is 6.03. The molecule has 1 N–H and O–H groups in total. The highest BCUT2D eigenvalue weighted by Gasteiger charge is 2.23. The summed E-state index contributed by atoms with van der Waals surface area (Å²) in [6, 6.07) is 10.2. The Hall–Kier alpha value is -2.18. The lowest BCUT2D eigenvalue weighted by Gasteiger charge is -2.33. The van der Waals surface area contributed by atoms with Crippen LogP contribution < -0.4 is 0 Å². The van der Waals surface area contributed by atoms with Gasteiger partial charge in [0.05, 0.1) is 5.69 Å². The van der Waals surface area contributed by atoms with Gasteiger partial charge in [0.15, 0.2) is 0 Å². The van der Waals surface area contributed by atoms with Crippen LogP contribution in [0.5, 0.6) is 0 Å². The van der Waals surface area contributed by atoms with Crippen LogP contribution in [0.4, 0.5) is 0 Å². The Kier molecular flexibility index (Phi) is 4.08. The summed E-state index contributed by atoms with van der Waals surface area (Å²) >= 11 is 1.51. The first kappa shape index (κ1) is 15.4. The van der Waals surface area contributed by atoms with Crippen LogP contribution in [0.15, 0.2) is 35.7 Å². The van der Waals surface area contributed by atoms with E-state index in [9.17, 15) is 4.79 Å². The maximum Gasteiger partial charge on any atom is 0.273 e. The molecule has 1 fully saturated rings. The molecule has 0 radical (unpaired) electrons. The fourth-order valence-corrected chi connectivity index (χ4v) is 3.88. The smallest absolute Gasteiger partial charge is 0.273 e. The molecule has 3 heterocycles. The molecule has 4 rings (SSSR count). The van der Waals surface area contributed by atoms with Crippen molar-refractivity contribution in [2.45, 2.75) is 6.92 Å². The molecule has 1 amide bonds. The van der Waals surface area contributed by atoms with Gasteiger partial charge in [0.25, 0.3) is 5.91 Å². The van der Waals surface area contributed by atoms with Crippen molar-refractivity contribution in [1.82, 2.24) is 19.8 Å². The summed E-state index contributed by atoms with van der Waals surface area (Å²) in [4.78, 5) is 24.9. The molecule has 1 saturated heterocycles. The minimum atomic E-state index is 0.0457. The molecule has 0 atom stereocenters. The number of benzene rings is 1. The van der Waals surface area contributed by atoms with E-state index in [0.717, 1.165) is 54.3 Å². The predicted octanol–water partition coefficient (Wildman–Crippen LogP) is 3.07. The molecule has 124 valence electrons. The van der Waals surface area contributed by atoms with Crippen LogP contribution in [0.3, 0.4) is 0 Å². The number of para-hydroxylation sites is 1. The number of amides is 1. The van der Waals surface area contributed by atoms with E-state index >= 15 is 0 Å². The van der Waals surface area contributed by atoms with E-state index in [1.165, 1.54) is 11.3 Å². The number of carbonyl (C=O) groups excluding carboxylic acids is 1. The Labute approximate surface area is 144 Å². The number of aromatic nitrogens is 2. The topological polar surface area (TPSA) is 52.2 Å². The monoisotopic (exact) mass is 340 g/mol. The van der Waals surface area contributed by atoms with Crippen molar-refractivity contribution in [3.63, 3.8) is 0 Å². The van der Waals surface area contributed by atoms with Gasteiger partial charge < -0.3 is 14.8 Å². The Morgan fingerprint density at radius 2 is 2.04 bits per heavy atom. The van der Waals surface area contributed by atoms with Gasteiger partial charge in [-0.25, -0.2) is 4.98 Å². The molecule has 2 aromatic heterocycles. The molecule has 0 unspecified atom stereocenters. The summed E-state index contributed by atoms with van der Waals surface area (Å²) in [5.74, 6) is 0.0457. The number of thiazole rings is 1. The summed E-state index contributed by atoms with van der Waals surface area (Å²) < 4.78 is 0.